The van der Waals surface area contributed by atoms with Crippen LogP contribution in [0.2, 0.25) is 0 Å². The predicted molar refractivity (Wildman–Crippen MR) is 42.7 cm³/mol. The van der Waals surface area contributed by atoms with E-state index in [1.165, 1.54) is 12.4 Å². The van der Waals surface area contributed by atoms with Gasteiger partial charge in [0.15, 0.2) is 5.75 Å². The average Bonchev–Trinajstić information content (AvgIpc) is 1.85. The molecule has 0 atom stereocenters. The van der Waals surface area contributed by atoms with E-state index in [0.29, 0.717) is 12.4 Å². The van der Waals surface area contributed by atoms with Gasteiger partial charge in [-0.25, -0.2) is 0 Å². The van der Waals surface area contributed by atoms with Gasteiger partial charge in [0, 0.05) is 10.8 Å². The Kier molecular flexibility index (Phi) is 2.70. The van der Waals surface area contributed by atoms with Crippen molar-refractivity contribution < 1.29 is 14.7 Å². The molecule has 0 aliphatic carbocycles. The second kappa shape index (κ2) is 3.57. The summed E-state index contributed by atoms with van der Waals surface area (Å²) in [5.41, 5.74) is 0. The number of pyridine rings is 1. The summed E-state index contributed by atoms with van der Waals surface area (Å²) in [5.74, 6) is 0.643. The van der Waals surface area contributed by atoms with Gasteiger partial charge in [0.2, 0.25) is 6.20 Å². The van der Waals surface area contributed by atoms with E-state index in [-0.39, 0.29) is 0 Å². The first-order valence-corrected chi connectivity index (χ1v) is 4.05. The number of aromatic nitrogens is 1. The van der Waals surface area contributed by atoms with Crippen molar-refractivity contribution in [1.29, 1.82) is 0 Å². The SMILES string of the molecule is CCOc1cc(Br)c[n+](O)c1. The molecule has 0 saturated carbocycles. The molecule has 1 heterocycles. The molecule has 11 heavy (non-hydrogen) atoms. The van der Waals surface area contributed by atoms with Gasteiger partial charge in [0.1, 0.15) is 0 Å². The van der Waals surface area contributed by atoms with E-state index in [2.05, 4.69) is 15.9 Å². The van der Waals surface area contributed by atoms with Gasteiger partial charge in [0.25, 0.3) is 6.20 Å². The largest absolute Gasteiger partial charge is 0.488 e. The molecule has 1 N–H and O–H groups in total. The van der Waals surface area contributed by atoms with E-state index in [9.17, 15) is 0 Å². The van der Waals surface area contributed by atoms with Crippen molar-refractivity contribution in [2.24, 2.45) is 0 Å². The van der Waals surface area contributed by atoms with Gasteiger partial charge >= 0.3 is 0 Å². The molecule has 1 rings (SSSR count). The number of halogens is 1. The maximum absolute atomic E-state index is 9.03. The highest BCUT2D eigenvalue weighted by atomic mass is 79.9. The van der Waals surface area contributed by atoms with E-state index in [1.807, 2.05) is 6.92 Å². The molecule has 0 spiro atoms. The molecular formula is C7H9BrNO2+. The summed E-state index contributed by atoms with van der Waals surface area (Å²) in [6, 6.07) is 1.79. The summed E-state index contributed by atoms with van der Waals surface area (Å²) in [6.45, 7) is 2.49. The van der Waals surface area contributed by atoms with Gasteiger partial charge in [-0.05, 0) is 22.9 Å². The highest BCUT2D eigenvalue weighted by molar-refractivity contribution is 9.10. The zero-order valence-corrected chi connectivity index (χ0v) is 7.71. The Hall–Kier alpha value is -0.770. The first-order valence-electron chi connectivity index (χ1n) is 3.26. The van der Waals surface area contributed by atoms with Crippen molar-refractivity contribution in [3.8, 4) is 5.75 Å². The van der Waals surface area contributed by atoms with E-state index in [1.54, 1.807) is 6.07 Å². The van der Waals surface area contributed by atoms with Crippen LogP contribution in [-0.2, 0) is 0 Å². The van der Waals surface area contributed by atoms with E-state index >= 15 is 0 Å². The van der Waals surface area contributed by atoms with Gasteiger partial charge in [0.05, 0.1) is 11.1 Å². The fraction of sp³-hybridized carbons (Fsp3) is 0.286. The van der Waals surface area contributed by atoms with Crippen molar-refractivity contribution in [3.05, 3.63) is 22.9 Å². The van der Waals surface area contributed by atoms with Crippen molar-refractivity contribution in [2.75, 3.05) is 6.61 Å². The molecule has 0 aliphatic rings. The lowest BCUT2D eigenvalue weighted by atomic mass is 10.5. The number of hydrogen-bond acceptors (Lipinski definition) is 2. The number of nitrogens with zero attached hydrogens (tertiary/aromatic N) is 1. The Morgan fingerprint density at radius 2 is 2.36 bits per heavy atom. The molecule has 0 bridgehead atoms. The first-order chi connectivity index (χ1) is 5.22. The summed E-state index contributed by atoms with van der Waals surface area (Å²) in [4.78, 5) is 0. The van der Waals surface area contributed by atoms with Gasteiger partial charge in [-0.1, -0.05) is 0 Å². The molecule has 60 valence electrons. The lowest BCUT2D eigenvalue weighted by Gasteiger charge is -1.98. The first kappa shape index (κ1) is 8.33. The van der Waals surface area contributed by atoms with Crippen LogP contribution in [0.25, 0.3) is 0 Å². The lowest BCUT2D eigenvalue weighted by molar-refractivity contribution is -0.905. The smallest absolute Gasteiger partial charge is 0.263 e. The predicted octanol–water partition coefficient (Wildman–Crippen LogP) is 1.37. The molecule has 1 aromatic rings. The molecular weight excluding hydrogens is 210 g/mol. The van der Waals surface area contributed by atoms with Crippen molar-refractivity contribution in [3.63, 3.8) is 0 Å². The van der Waals surface area contributed by atoms with Gasteiger partial charge in [-0.15, -0.1) is 0 Å². The Bertz CT molecular complexity index is 232. The summed E-state index contributed by atoms with van der Waals surface area (Å²) in [5, 5.41) is 9.03. The fourth-order valence-corrected chi connectivity index (χ4v) is 1.19. The molecule has 4 heteroatoms. The van der Waals surface area contributed by atoms with Crippen LogP contribution in [0.3, 0.4) is 0 Å². The highest BCUT2D eigenvalue weighted by Crippen LogP contribution is 2.14. The third kappa shape index (κ3) is 2.38. The maximum Gasteiger partial charge on any atom is 0.263 e. The molecule has 0 saturated heterocycles. The number of ether oxygens (including phenoxy) is 1. The van der Waals surface area contributed by atoms with Crippen molar-refractivity contribution in [2.45, 2.75) is 6.92 Å². The normalized spacial score (nSPS) is 9.64. The maximum atomic E-state index is 9.03. The summed E-state index contributed by atoms with van der Waals surface area (Å²) in [7, 11) is 0. The second-order valence-corrected chi connectivity index (χ2v) is 2.92. The van der Waals surface area contributed by atoms with E-state index in [0.717, 1.165) is 9.20 Å². The molecule has 0 amide bonds. The zero-order chi connectivity index (χ0) is 8.27. The molecule has 0 fully saturated rings. The topological polar surface area (TPSA) is 33.3 Å². The molecule has 3 nitrogen and oxygen atoms in total. The van der Waals surface area contributed by atoms with Crippen LogP contribution in [0.4, 0.5) is 0 Å². The van der Waals surface area contributed by atoms with Crippen LogP contribution in [-0.4, -0.2) is 11.8 Å². The van der Waals surface area contributed by atoms with Crippen molar-refractivity contribution >= 4 is 15.9 Å². The zero-order valence-electron chi connectivity index (χ0n) is 6.12. The molecule has 0 unspecified atom stereocenters. The van der Waals surface area contributed by atoms with Gasteiger partial charge < -0.3 is 4.74 Å². The quantitative estimate of drug-likeness (QED) is 0.602. The molecule has 1 aromatic heterocycles. The Labute approximate surface area is 73.3 Å². The lowest BCUT2D eigenvalue weighted by Crippen LogP contribution is -2.28. The third-order valence-electron chi connectivity index (χ3n) is 1.11. The number of rotatable bonds is 2. The second-order valence-electron chi connectivity index (χ2n) is 2.00. The van der Waals surface area contributed by atoms with E-state index < -0.39 is 0 Å². The van der Waals surface area contributed by atoms with Crippen LogP contribution in [0.5, 0.6) is 5.75 Å². The van der Waals surface area contributed by atoms with Crippen LogP contribution >= 0.6 is 15.9 Å². The standard InChI is InChI=1S/C7H9BrNO2/c1-2-11-7-3-6(8)4-9(10)5-7/h3-5,10H,2H2,1H3/q+1. The Morgan fingerprint density at radius 1 is 1.64 bits per heavy atom. The number of hydrogen-bond donors (Lipinski definition) is 1. The van der Waals surface area contributed by atoms with Crippen LogP contribution in [0, 0.1) is 0 Å². The molecule has 0 aromatic carbocycles. The van der Waals surface area contributed by atoms with E-state index in [4.69, 9.17) is 9.94 Å². The minimum Gasteiger partial charge on any atom is -0.488 e. The van der Waals surface area contributed by atoms with Crippen LogP contribution in [0.15, 0.2) is 22.9 Å². The van der Waals surface area contributed by atoms with Crippen LogP contribution in [0.1, 0.15) is 6.92 Å². The Morgan fingerprint density at radius 3 is 2.91 bits per heavy atom. The minimum atomic E-state index is 0.594. The minimum absolute atomic E-state index is 0.594. The molecule has 0 aliphatic heterocycles. The average molecular weight is 219 g/mol. The van der Waals surface area contributed by atoms with Crippen LogP contribution < -0.4 is 9.47 Å². The van der Waals surface area contributed by atoms with Crippen molar-refractivity contribution in [1.82, 2.24) is 0 Å². The fourth-order valence-electron chi connectivity index (χ4n) is 0.750. The summed E-state index contributed by atoms with van der Waals surface area (Å²) in [6.07, 6.45) is 3.02. The highest BCUT2D eigenvalue weighted by Gasteiger charge is 2.04. The molecule has 0 radical (unpaired) electrons. The van der Waals surface area contributed by atoms with Gasteiger partial charge in [-0.2, -0.15) is 0 Å². The monoisotopic (exact) mass is 218 g/mol. The summed E-state index contributed by atoms with van der Waals surface area (Å²) >= 11 is 3.22. The third-order valence-corrected chi connectivity index (χ3v) is 1.54. The Balaban J connectivity index is 2.89. The van der Waals surface area contributed by atoms with Gasteiger partial charge in [-0.3, -0.25) is 5.21 Å². The summed E-state index contributed by atoms with van der Waals surface area (Å²) < 4.78 is 6.89.